The van der Waals surface area contributed by atoms with Gasteiger partial charge in [0.05, 0.1) is 7.11 Å². The Hall–Kier alpha value is -2.53. The summed E-state index contributed by atoms with van der Waals surface area (Å²) in [4.78, 5) is 17.4. The van der Waals surface area contributed by atoms with Crippen LogP contribution < -0.4 is 15.0 Å². The summed E-state index contributed by atoms with van der Waals surface area (Å²) in [5.74, 6) is 0.778. The van der Waals surface area contributed by atoms with Crippen molar-refractivity contribution in [2.45, 2.75) is 25.2 Å². The van der Waals surface area contributed by atoms with E-state index in [0.717, 1.165) is 49.6 Å². The number of rotatable bonds is 2. The Labute approximate surface area is 160 Å². The smallest absolute Gasteiger partial charge is 0.326 e. The number of nitrogens with zero attached hydrogens (tertiary/aromatic N) is 2. The fourth-order valence-electron chi connectivity index (χ4n) is 4.30. The topological polar surface area (TPSA) is 44.8 Å². The molecule has 0 atom stereocenters. The zero-order chi connectivity index (χ0) is 19.0. The van der Waals surface area contributed by atoms with Gasteiger partial charge in [-0.3, -0.25) is 4.90 Å². The van der Waals surface area contributed by atoms with Crippen LogP contribution in [0.3, 0.4) is 0 Å². The van der Waals surface area contributed by atoms with E-state index in [4.69, 9.17) is 4.74 Å². The minimum absolute atomic E-state index is 0.0685. The molecule has 0 aromatic heterocycles. The minimum atomic E-state index is -0.0685. The third-order valence-electron chi connectivity index (χ3n) is 6.01. The number of hydrogen-bond acceptors (Lipinski definition) is 3. The zero-order valence-electron chi connectivity index (χ0n) is 16.3. The Balaban J connectivity index is 1.60. The molecule has 1 spiro atoms. The third kappa shape index (κ3) is 3.28. The molecule has 5 nitrogen and oxygen atoms in total. The molecule has 27 heavy (non-hydrogen) atoms. The first-order valence-corrected chi connectivity index (χ1v) is 9.53. The number of methoxy groups -OCH3 is 1. The summed E-state index contributed by atoms with van der Waals surface area (Å²) >= 11 is 0. The van der Waals surface area contributed by atoms with Crippen LogP contribution in [0.2, 0.25) is 0 Å². The van der Waals surface area contributed by atoms with Gasteiger partial charge in [0.1, 0.15) is 5.75 Å². The lowest BCUT2D eigenvalue weighted by atomic mass is 9.74. The monoisotopic (exact) mass is 365 g/mol. The van der Waals surface area contributed by atoms with Crippen LogP contribution >= 0.6 is 0 Å². The lowest BCUT2D eigenvalue weighted by Crippen LogP contribution is -2.45. The first kappa shape index (κ1) is 17.9. The molecule has 0 bridgehead atoms. The van der Waals surface area contributed by atoms with Gasteiger partial charge in [0, 0.05) is 23.3 Å². The normalized spacial score (nSPS) is 18.4. The van der Waals surface area contributed by atoms with Crippen LogP contribution in [0.4, 0.5) is 16.2 Å². The van der Waals surface area contributed by atoms with Gasteiger partial charge in [-0.25, -0.2) is 4.79 Å². The lowest BCUT2D eigenvalue weighted by molar-refractivity contribution is 0.196. The van der Waals surface area contributed by atoms with Crippen molar-refractivity contribution in [1.82, 2.24) is 4.90 Å². The number of amides is 2. The van der Waals surface area contributed by atoms with Gasteiger partial charge in [-0.15, -0.1) is 0 Å². The number of aryl methyl sites for hydroxylation is 1. The number of carbonyl (C=O) groups is 1. The van der Waals surface area contributed by atoms with Gasteiger partial charge in [0.15, 0.2) is 0 Å². The SMILES string of the molecule is COc1ccc(NC(=O)N2CC3(CCN(C)CC3)c3cc(C)ccc32)cc1. The maximum atomic E-state index is 13.1. The summed E-state index contributed by atoms with van der Waals surface area (Å²) in [6.07, 6.45) is 2.18. The lowest BCUT2D eigenvalue weighted by Gasteiger charge is -2.38. The van der Waals surface area contributed by atoms with Gasteiger partial charge in [-0.1, -0.05) is 17.7 Å². The highest BCUT2D eigenvalue weighted by Crippen LogP contribution is 2.47. The Morgan fingerprint density at radius 3 is 2.48 bits per heavy atom. The summed E-state index contributed by atoms with van der Waals surface area (Å²) in [6, 6.07) is 13.9. The highest BCUT2D eigenvalue weighted by atomic mass is 16.5. The fraction of sp³-hybridized carbons (Fsp3) is 0.409. The van der Waals surface area contributed by atoms with Gasteiger partial charge in [0.25, 0.3) is 0 Å². The molecule has 0 saturated carbocycles. The molecule has 142 valence electrons. The van der Waals surface area contributed by atoms with Gasteiger partial charge in [-0.05, 0) is 75.8 Å². The van der Waals surface area contributed by atoms with Crippen molar-refractivity contribution in [2.24, 2.45) is 0 Å². The minimum Gasteiger partial charge on any atom is -0.497 e. The first-order chi connectivity index (χ1) is 13.0. The molecule has 2 aromatic carbocycles. The van der Waals surface area contributed by atoms with Crippen molar-refractivity contribution >= 4 is 17.4 Å². The second-order valence-corrected chi connectivity index (χ2v) is 7.85. The zero-order valence-corrected chi connectivity index (χ0v) is 16.3. The molecule has 0 unspecified atom stereocenters. The van der Waals surface area contributed by atoms with Crippen molar-refractivity contribution in [3.63, 3.8) is 0 Å². The Bertz CT molecular complexity index is 839. The summed E-state index contributed by atoms with van der Waals surface area (Å²) in [5, 5.41) is 3.04. The molecule has 1 fully saturated rings. The molecule has 2 aromatic rings. The van der Waals surface area contributed by atoms with E-state index in [1.165, 1.54) is 11.1 Å². The van der Waals surface area contributed by atoms with Crippen LogP contribution in [0, 0.1) is 6.92 Å². The maximum absolute atomic E-state index is 13.1. The number of anilines is 2. The predicted molar refractivity (Wildman–Crippen MR) is 109 cm³/mol. The summed E-state index contributed by atoms with van der Waals surface area (Å²) in [6.45, 7) is 5.02. The second-order valence-electron chi connectivity index (χ2n) is 7.85. The number of likely N-dealkylation sites (tertiary alicyclic amines) is 1. The van der Waals surface area contributed by atoms with Crippen LogP contribution in [-0.4, -0.2) is 44.7 Å². The molecular weight excluding hydrogens is 338 g/mol. The average molecular weight is 365 g/mol. The van der Waals surface area contributed by atoms with E-state index in [9.17, 15) is 4.79 Å². The molecule has 1 saturated heterocycles. The third-order valence-corrected chi connectivity index (χ3v) is 6.01. The van der Waals surface area contributed by atoms with Crippen molar-refractivity contribution in [2.75, 3.05) is 44.0 Å². The molecule has 5 heteroatoms. The Morgan fingerprint density at radius 2 is 1.81 bits per heavy atom. The molecule has 2 heterocycles. The molecule has 4 rings (SSSR count). The number of urea groups is 1. The summed E-state index contributed by atoms with van der Waals surface area (Å²) in [7, 11) is 3.81. The van der Waals surface area contributed by atoms with Crippen LogP contribution in [0.15, 0.2) is 42.5 Å². The van der Waals surface area contributed by atoms with E-state index >= 15 is 0 Å². The van der Waals surface area contributed by atoms with Crippen LogP contribution in [0.1, 0.15) is 24.0 Å². The number of ether oxygens (including phenoxy) is 1. The Kier molecular flexibility index (Phi) is 4.56. The maximum Gasteiger partial charge on any atom is 0.326 e. The van der Waals surface area contributed by atoms with Crippen molar-refractivity contribution in [1.29, 1.82) is 0 Å². The highest BCUT2D eigenvalue weighted by molar-refractivity contribution is 6.03. The summed E-state index contributed by atoms with van der Waals surface area (Å²) in [5.41, 5.74) is 4.49. The first-order valence-electron chi connectivity index (χ1n) is 9.53. The van der Waals surface area contributed by atoms with E-state index in [1.807, 2.05) is 29.2 Å². The van der Waals surface area contributed by atoms with Crippen LogP contribution in [0.5, 0.6) is 5.75 Å². The van der Waals surface area contributed by atoms with E-state index in [-0.39, 0.29) is 11.4 Å². The number of piperidine rings is 1. The standard InChI is InChI=1S/C22H27N3O2/c1-16-4-9-20-19(14-16)22(10-12-24(2)13-11-22)15-25(20)21(26)23-17-5-7-18(27-3)8-6-17/h4-9,14H,10-13,15H2,1-3H3,(H,23,26). The van der Waals surface area contributed by atoms with E-state index in [0.29, 0.717) is 0 Å². The van der Waals surface area contributed by atoms with Gasteiger partial charge in [-0.2, -0.15) is 0 Å². The number of benzene rings is 2. The second kappa shape index (κ2) is 6.89. The molecular formula is C22H27N3O2. The summed E-state index contributed by atoms with van der Waals surface area (Å²) < 4.78 is 5.19. The van der Waals surface area contributed by atoms with E-state index in [2.05, 4.69) is 42.4 Å². The van der Waals surface area contributed by atoms with Crippen molar-refractivity contribution in [3.05, 3.63) is 53.6 Å². The molecule has 0 radical (unpaired) electrons. The molecule has 2 aliphatic rings. The largest absolute Gasteiger partial charge is 0.497 e. The van der Waals surface area contributed by atoms with E-state index in [1.54, 1.807) is 7.11 Å². The van der Waals surface area contributed by atoms with Crippen molar-refractivity contribution in [3.8, 4) is 5.75 Å². The average Bonchev–Trinajstić information content (AvgIpc) is 2.99. The fourth-order valence-corrected chi connectivity index (χ4v) is 4.30. The number of hydrogen-bond donors (Lipinski definition) is 1. The van der Waals surface area contributed by atoms with Gasteiger partial charge >= 0.3 is 6.03 Å². The molecule has 0 aliphatic carbocycles. The van der Waals surface area contributed by atoms with Crippen LogP contribution in [-0.2, 0) is 5.41 Å². The quantitative estimate of drug-likeness (QED) is 0.874. The number of carbonyl (C=O) groups excluding carboxylic acids is 1. The predicted octanol–water partition coefficient (Wildman–Crippen LogP) is 4.02. The van der Waals surface area contributed by atoms with Gasteiger partial charge < -0.3 is 15.0 Å². The van der Waals surface area contributed by atoms with Gasteiger partial charge in [0.2, 0.25) is 0 Å². The van der Waals surface area contributed by atoms with Crippen LogP contribution in [0.25, 0.3) is 0 Å². The van der Waals surface area contributed by atoms with E-state index < -0.39 is 0 Å². The molecule has 2 amide bonds. The number of fused-ring (bicyclic) bond motifs is 2. The molecule has 1 N–H and O–H groups in total. The Morgan fingerprint density at radius 1 is 1.11 bits per heavy atom. The highest BCUT2D eigenvalue weighted by Gasteiger charge is 2.46. The molecule has 2 aliphatic heterocycles. The number of nitrogens with one attached hydrogen (secondary N) is 1. The van der Waals surface area contributed by atoms with Crippen molar-refractivity contribution < 1.29 is 9.53 Å².